The first-order valence-corrected chi connectivity index (χ1v) is 7.29. The molecule has 4 nitrogen and oxygen atoms in total. The quantitative estimate of drug-likeness (QED) is 0.827. The number of hydrogen-bond donors (Lipinski definition) is 1. The normalized spacial score (nSPS) is 10.1. The van der Waals surface area contributed by atoms with Gasteiger partial charge in [-0.2, -0.15) is 0 Å². The molecule has 0 aliphatic heterocycles. The van der Waals surface area contributed by atoms with Crippen molar-refractivity contribution < 1.29 is 18.8 Å². The highest BCUT2D eigenvalue weighted by Gasteiger charge is 2.07. The van der Waals surface area contributed by atoms with Crippen molar-refractivity contribution in [3.8, 4) is 11.5 Å². The molecule has 0 spiro atoms. The summed E-state index contributed by atoms with van der Waals surface area (Å²) in [5.41, 5.74) is 0.870. The molecule has 0 aliphatic carbocycles. The second kappa shape index (κ2) is 7.59. The first-order valence-electron chi connectivity index (χ1n) is 6.55. The number of aromatic hydroxyl groups is 1. The highest BCUT2D eigenvalue weighted by Crippen LogP contribution is 2.22. The second-order valence-electron chi connectivity index (χ2n) is 4.29. The largest absolute Gasteiger partial charge is 0.508 e. The number of phenols is 1. The summed E-state index contributed by atoms with van der Waals surface area (Å²) in [6, 6.07) is 13.8. The van der Waals surface area contributed by atoms with E-state index in [9.17, 15) is 4.79 Å². The molecule has 0 bridgehead atoms. The number of phenolic OH excluding ortho intramolecular Hbond substituents is 1. The van der Waals surface area contributed by atoms with Crippen LogP contribution < -0.4 is 4.74 Å². The van der Waals surface area contributed by atoms with Crippen molar-refractivity contribution in [1.29, 1.82) is 0 Å². The first-order chi connectivity index (χ1) is 10.2. The molecule has 0 unspecified atom stereocenters. The van der Waals surface area contributed by atoms with Crippen molar-refractivity contribution in [3.63, 3.8) is 0 Å². The fourth-order valence-electron chi connectivity index (χ4n) is 1.66. The smallest absolute Gasteiger partial charge is 0.322 e. The van der Waals surface area contributed by atoms with E-state index in [1.165, 1.54) is 0 Å². The van der Waals surface area contributed by atoms with Crippen LogP contribution in [0.2, 0.25) is 0 Å². The van der Waals surface area contributed by atoms with Gasteiger partial charge < -0.3 is 14.0 Å². The molecule has 0 heterocycles. The third-order valence-corrected chi connectivity index (χ3v) is 3.38. The van der Waals surface area contributed by atoms with Crippen LogP contribution in [0.25, 0.3) is 0 Å². The Morgan fingerprint density at radius 3 is 2.38 bits per heavy atom. The monoisotopic (exact) mass is 304 g/mol. The standard InChI is InChI=1S/C16H16O4S/c1-2-19-14-7-3-12(4-8-14)11-16(18)20-21-15-9-5-13(17)6-10-15/h3-10,17H,2,11H2,1H3. The van der Waals surface area contributed by atoms with Gasteiger partial charge in [-0.05, 0) is 48.9 Å². The lowest BCUT2D eigenvalue weighted by molar-refractivity contribution is -0.132. The maximum Gasteiger partial charge on any atom is 0.322 e. The third kappa shape index (κ3) is 5.04. The summed E-state index contributed by atoms with van der Waals surface area (Å²) in [6.07, 6.45) is 0.206. The van der Waals surface area contributed by atoms with Gasteiger partial charge in [-0.3, -0.25) is 4.79 Å². The lowest BCUT2D eigenvalue weighted by atomic mass is 10.1. The van der Waals surface area contributed by atoms with Crippen molar-refractivity contribution in [1.82, 2.24) is 0 Å². The zero-order chi connectivity index (χ0) is 15.1. The van der Waals surface area contributed by atoms with Crippen molar-refractivity contribution in [2.75, 3.05) is 6.61 Å². The van der Waals surface area contributed by atoms with Crippen molar-refractivity contribution in [2.45, 2.75) is 18.2 Å². The molecule has 110 valence electrons. The molecular weight excluding hydrogens is 288 g/mol. The predicted molar refractivity (Wildman–Crippen MR) is 81.4 cm³/mol. The number of benzene rings is 2. The highest BCUT2D eigenvalue weighted by molar-refractivity contribution is 7.95. The molecule has 0 fully saturated rings. The topological polar surface area (TPSA) is 55.8 Å². The second-order valence-corrected chi connectivity index (χ2v) is 5.09. The van der Waals surface area contributed by atoms with Crippen molar-refractivity contribution in [2.24, 2.45) is 0 Å². The fourth-order valence-corrected chi connectivity index (χ4v) is 2.16. The van der Waals surface area contributed by atoms with E-state index in [0.29, 0.717) is 6.61 Å². The summed E-state index contributed by atoms with van der Waals surface area (Å²) in [6.45, 7) is 2.54. The van der Waals surface area contributed by atoms with Crippen LogP contribution in [0.1, 0.15) is 12.5 Å². The summed E-state index contributed by atoms with van der Waals surface area (Å²) in [4.78, 5) is 12.5. The number of rotatable bonds is 6. The van der Waals surface area contributed by atoms with E-state index < -0.39 is 0 Å². The van der Waals surface area contributed by atoms with E-state index in [1.807, 2.05) is 31.2 Å². The number of carbonyl (C=O) groups is 1. The van der Waals surface area contributed by atoms with Crippen LogP contribution in [0.15, 0.2) is 53.4 Å². The minimum absolute atomic E-state index is 0.181. The molecule has 0 amide bonds. The molecule has 2 aromatic carbocycles. The Kier molecular flexibility index (Phi) is 5.51. The van der Waals surface area contributed by atoms with Gasteiger partial charge >= 0.3 is 5.97 Å². The van der Waals surface area contributed by atoms with Crippen LogP contribution in [-0.4, -0.2) is 17.7 Å². The van der Waals surface area contributed by atoms with Crippen molar-refractivity contribution in [3.05, 3.63) is 54.1 Å². The number of hydrogen-bond acceptors (Lipinski definition) is 5. The van der Waals surface area contributed by atoms with Crippen LogP contribution in [-0.2, 0) is 15.4 Å². The van der Waals surface area contributed by atoms with Crippen LogP contribution >= 0.6 is 12.0 Å². The average molecular weight is 304 g/mol. The Morgan fingerprint density at radius 2 is 1.76 bits per heavy atom. The van der Waals surface area contributed by atoms with E-state index in [0.717, 1.165) is 28.3 Å². The molecule has 21 heavy (non-hydrogen) atoms. The summed E-state index contributed by atoms with van der Waals surface area (Å²) in [5.74, 6) is 0.644. The maximum absolute atomic E-state index is 11.7. The predicted octanol–water partition coefficient (Wildman–Crippen LogP) is 3.58. The third-order valence-electron chi connectivity index (χ3n) is 2.65. The molecule has 0 atom stereocenters. The van der Waals surface area contributed by atoms with Gasteiger partial charge in [-0.1, -0.05) is 12.1 Å². The van der Waals surface area contributed by atoms with Gasteiger partial charge in [-0.15, -0.1) is 0 Å². The van der Waals surface area contributed by atoms with Gasteiger partial charge in [0.25, 0.3) is 0 Å². The van der Waals surface area contributed by atoms with Crippen molar-refractivity contribution >= 4 is 18.0 Å². The van der Waals surface area contributed by atoms with Gasteiger partial charge in [-0.25, -0.2) is 0 Å². The van der Waals surface area contributed by atoms with Gasteiger partial charge in [0.15, 0.2) is 0 Å². The fraction of sp³-hybridized carbons (Fsp3) is 0.188. The Hall–Kier alpha value is -2.14. The summed E-state index contributed by atoms with van der Waals surface area (Å²) in [5, 5.41) is 9.16. The molecule has 0 aliphatic rings. The minimum Gasteiger partial charge on any atom is -0.508 e. The Balaban J connectivity index is 1.82. The van der Waals surface area contributed by atoms with Gasteiger partial charge in [0.1, 0.15) is 11.5 Å². The molecule has 0 saturated carbocycles. The van der Waals surface area contributed by atoms with E-state index in [2.05, 4.69) is 0 Å². The van der Waals surface area contributed by atoms with E-state index in [4.69, 9.17) is 14.0 Å². The molecular formula is C16H16O4S. The molecule has 5 heteroatoms. The van der Waals surface area contributed by atoms with E-state index in [-0.39, 0.29) is 18.1 Å². The zero-order valence-electron chi connectivity index (χ0n) is 11.6. The number of carbonyl (C=O) groups excluding carboxylic acids is 1. The lowest BCUT2D eigenvalue weighted by Crippen LogP contribution is -2.03. The lowest BCUT2D eigenvalue weighted by Gasteiger charge is -2.05. The average Bonchev–Trinajstić information content (AvgIpc) is 2.49. The first kappa shape index (κ1) is 15.3. The summed E-state index contributed by atoms with van der Waals surface area (Å²) in [7, 11) is 0. The molecule has 1 N–H and O–H groups in total. The van der Waals surface area contributed by atoms with E-state index >= 15 is 0 Å². The Bertz CT molecular complexity index is 578. The Labute approximate surface area is 127 Å². The van der Waals surface area contributed by atoms with Crippen LogP contribution in [0.4, 0.5) is 0 Å². The highest BCUT2D eigenvalue weighted by atomic mass is 32.2. The van der Waals surface area contributed by atoms with Gasteiger partial charge in [0.2, 0.25) is 0 Å². The minimum atomic E-state index is -0.322. The summed E-state index contributed by atoms with van der Waals surface area (Å²) >= 11 is 0.982. The molecule has 2 rings (SSSR count). The maximum atomic E-state index is 11.7. The molecule has 0 saturated heterocycles. The van der Waals surface area contributed by atoms with E-state index in [1.54, 1.807) is 24.3 Å². The van der Waals surface area contributed by atoms with Crippen LogP contribution in [0, 0.1) is 0 Å². The molecule has 2 aromatic rings. The SMILES string of the molecule is CCOc1ccc(CC(=O)OSc2ccc(O)cc2)cc1. The van der Waals surface area contributed by atoms with Crippen LogP contribution in [0.5, 0.6) is 11.5 Å². The zero-order valence-corrected chi connectivity index (χ0v) is 12.4. The summed E-state index contributed by atoms with van der Waals surface area (Å²) < 4.78 is 10.5. The Morgan fingerprint density at radius 1 is 1.10 bits per heavy atom. The number of ether oxygens (including phenoxy) is 1. The van der Waals surface area contributed by atoms with Gasteiger partial charge in [0, 0.05) is 4.90 Å². The molecule has 0 aromatic heterocycles. The molecule has 0 radical (unpaired) electrons. The van der Waals surface area contributed by atoms with Gasteiger partial charge in [0.05, 0.1) is 25.1 Å². The van der Waals surface area contributed by atoms with Crippen LogP contribution in [0.3, 0.4) is 0 Å².